The van der Waals surface area contributed by atoms with Crippen LogP contribution >= 0.6 is 0 Å². The highest BCUT2D eigenvalue weighted by Gasteiger charge is 2.42. The Balaban J connectivity index is 1.27. The molecule has 2 aromatic carbocycles. The van der Waals surface area contributed by atoms with E-state index in [9.17, 15) is 10.2 Å². The van der Waals surface area contributed by atoms with Crippen LogP contribution in [-0.4, -0.2) is 49.2 Å². The van der Waals surface area contributed by atoms with Crippen LogP contribution in [0.2, 0.25) is 0 Å². The van der Waals surface area contributed by atoms with E-state index in [1.807, 2.05) is 13.8 Å². The van der Waals surface area contributed by atoms with Gasteiger partial charge in [0, 0.05) is 24.0 Å². The van der Waals surface area contributed by atoms with E-state index in [0.717, 1.165) is 60.8 Å². The molecule has 2 aliphatic heterocycles. The first kappa shape index (κ1) is 37.7. The van der Waals surface area contributed by atoms with Gasteiger partial charge < -0.3 is 29.2 Å². The van der Waals surface area contributed by atoms with Gasteiger partial charge in [0.2, 0.25) is 0 Å². The Hall–Kier alpha value is -2.12. The second kappa shape index (κ2) is 14.0. The summed E-state index contributed by atoms with van der Waals surface area (Å²) in [6, 6.07) is 8.53. The van der Waals surface area contributed by atoms with Crippen molar-refractivity contribution >= 4 is 0 Å². The zero-order valence-corrected chi connectivity index (χ0v) is 31.6. The molecule has 0 atom stereocenters. The zero-order valence-electron chi connectivity index (χ0n) is 31.6. The van der Waals surface area contributed by atoms with Crippen molar-refractivity contribution < 1.29 is 29.2 Å². The molecule has 0 aliphatic carbocycles. The Morgan fingerprint density at radius 2 is 0.894 bits per heavy atom. The van der Waals surface area contributed by atoms with E-state index < -0.39 is 0 Å². The molecule has 6 nitrogen and oxygen atoms in total. The van der Waals surface area contributed by atoms with Crippen LogP contribution in [0, 0.1) is 30.1 Å². The van der Waals surface area contributed by atoms with E-state index >= 15 is 0 Å². The second-order valence-corrected chi connectivity index (χ2v) is 18.5. The summed E-state index contributed by atoms with van der Waals surface area (Å²) in [6.45, 7) is 28.6. The average Bonchev–Trinajstić information content (AvgIpc) is 2.93. The number of phenolic OH excluding ortho intramolecular Hbond substituents is 2. The van der Waals surface area contributed by atoms with Gasteiger partial charge in [0.1, 0.15) is 11.5 Å². The van der Waals surface area contributed by atoms with Crippen molar-refractivity contribution in [3.63, 3.8) is 0 Å². The summed E-state index contributed by atoms with van der Waals surface area (Å²) in [5.41, 5.74) is 6.02. The molecule has 2 N–H and O–H groups in total. The highest BCUT2D eigenvalue weighted by Crippen LogP contribution is 2.43. The van der Waals surface area contributed by atoms with Crippen LogP contribution in [-0.2, 0) is 42.6 Å². The molecule has 1 spiro atoms. The highest BCUT2D eigenvalue weighted by molar-refractivity contribution is 5.48. The van der Waals surface area contributed by atoms with Crippen LogP contribution in [0.4, 0.5) is 0 Å². The summed E-state index contributed by atoms with van der Waals surface area (Å²) in [7, 11) is 0. The summed E-state index contributed by atoms with van der Waals surface area (Å²) in [5.74, 6) is 0.822. The Kier molecular flexibility index (Phi) is 11.2. The van der Waals surface area contributed by atoms with E-state index in [1.54, 1.807) is 0 Å². The Morgan fingerprint density at radius 3 is 1.19 bits per heavy atom. The monoisotopic (exact) mass is 652 g/mol. The first-order valence-corrected chi connectivity index (χ1v) is 17.7. The smallest absolute Gasteiger partial charge is 0.157 e. The van der Waals surface area contributed by atoms with Gasteiger partial charge in [-0.2, -0.15) is 0 Å². The number of hydrogen-bond donors (Lipinski definition) is 2. The summed E-state index contributed by atoms with van der Waals surface area (Å²) >= 11 is 0. The molecule has 2 heterocycles. The first-order chi connectivity index (χ1) is 21.6. The van der Waals surface area contributed by atoms with Crippen molar-refractivity contribution in [2.45, 2.75) is 145 Å². The van der Waals surface area contributed by atoms with Gasteiger partial charge in [0.05, 0.1) is 31.8 Å². The number of aromatic hydroxyl groups is 2. The van der Waals surface area contributed by atoms with Gasteiger partial charge in [0.25, 0.3) is 0 Å². The first-order valence-electron chi connectivity index (χ1n) is 17.7. The lowest BCUT2D eigenvalue weighted by Crippen LogP contribution is -2.52. The third-order valence-electron chi connectivity index (χ3n) is 9.76. The maximum Gasteiger partial charge on any atom is 0.157 e. The summed E-state index contributed by atoms with van der Waals surface area (Å²) in [5, 5.41) is 21.9. The molecule has 0 radical (unpaired) electrons. The molecule has 0 bridgehead atoms. The molecule has 2 saturated heterocycles. The molecule has 6 heteroatoms. The number of benzene rings is 2. The van der Waals surface area contributed by atoms with Gasteiger partial charge in [-0.1, -0.05) is 93.5 Å². The third-order valence-corrected chi connectivity index (χ3v) is 9.76. The summed E-state index contributed by atoms with van der Waals surface area (Å²) < 4.78 is 24.9. The summed E-state index contributed by atoms with van der Waals surface area (Å²) in [6.07, 6.45) is 4.56. The molecular formula is C41H64O6. The maximum atomic E-state index is 10.9. The van der Waals surface area contributed by atoms with Gasteiger partial charge in [-0.05, 0) is 83.4 Å². The fraction of sp³-hybridized carbons (Fsp3) is 0.707. The van der Waals surface area contributed by atoms with E-state index in [1.165, 1.54) is 11.1 Å². The Bertz CT molecular complexity index is 1250. The van der Waals surface area contributed by atoms with Crippen molar-refractivity contribution in [1.82, 2.24) is 0 Å². The van der Waals surface area contributed by atoms with Crippen molar-refractivity contribution in [2.24, 2.45) is 16.2 Å². The van der Waals surface area contributed by atoms with Gasteiger partial charge in [-0.3, -0.25) is 0 Å². The van der Waals surface area contributed by atoms with E-state index in [4.69, 9.17) is 18.9 Å². The number of ether oxygens (including phenoxy) is 4. The topological polar surface area (TPSA) is 77.4 Å². The average molecular weight is 653 g/mol. The SMILES string of the molecule is Cc1cc(CCC2OCC3(CO2)COC(CCc2cc(C)c(O)c(C(C)(C)CC(C)(C)C)c2)OC3)cc(C(C)(C)CC(C)(C)C)c1O. The minimum atomic E-state index is -0.286. The van der Waals surface area contributed by atoms with Crippen LogP contribution in [0.25, 0.3) is 0 Å². The molecule has 0 aromatic heterocycles. The van der Waals surface area contributed by atoms with E-state index in [2.05, 4.69) is 93.5 Å². The van der Waals surface area contributed by atoms with E-state index in [-0.39, 0.29) is 39.7 Å². The van der Waals surface area contributed by atoms with Crippen molar-refractivity contribution in [3.05, 3.63) is 57.6 Å². The van der Waals surface area contributed by atoms with Gasteiger partial charge in [-0.25, -0.2) is 0 Å². The second-order valence-electron chi connectivity index (χ2n) is 18.5. The molecule has 47 heavy (non-hydrogen) atoms. The van der Waals surface area contributed by atoms with Crippen LogP contribution in [0.5, 0.6) is 11.5 Å². The fourth-order valence-electron chi connectivity index (χ4n) is 8.20. The lowest BCUT2D eigenvalue weighted by molar-refractivity contribution is -0.303. The molecule has 4 rings (SSSR count). The third kappa shape index (κ3) is 9.97. The molecule has 2 aliphatic rings. The number of rotatable bonds is 10. The van der Waals surface area contributed by atoms with Crippen molar-refractivity contribution in [3.8, 4) is 11.5 Å². The maximum absolute atomic E-state index is 10.9. The van der Waals surface area contributed by atoms with Gasteiger partial charge in [-0.15, -0.1) is 0 Å². The standard InChI is InChI=1S/C41H64O6/c1-27-17-29(19-31(35(27)42)39(9,10)21-37(3,4)5)13-15-33-44-23-41(24-45-33)25-46-34(47-26-41)16-14-30-18-28(2)36(43)32(20-30)40(11,12)22-38(6,7)8/h17-20,33-34,42-43H,13-16,21-26H2,1-12H3. The van der Waals surface area contributed by atoms with E-state index in [0.29, 0.717) is 37.9 Å². The van der Waals surface area contributed by atoms with Crippen LogP contribution in [0.3, 0.4) is 0 Å². The predicted octanol–water partition coefficient (Wildman–Crippen LogP) is 9.44. The normalized spacial score (nSPS) is 23.0. The minimum Gasteiger partial charge on any atom is -0.507 e. The molecule has 2 aromatic rings. The molecular weight excluding hydrogens is 588 g/mol. The number of phenols is 2. The molecule has 0 saturated carbocycles. The quantitative estimate of drug-likeness (QED) is 0.266. The van der Waals surface area contributed by atoms with Gasteiger partial charge in [0.15, 0.2) is 12.6 Å². The lowest BCUT2D eigenvalue weighted by Gasteiger charge is -2.43. The zero-order chi connectivity index (χ0) is 35.0. The molecule has 0 amide bonds. The number of hydrogen-bond acceptors (Lipinski definition) is 6. The van der Waals surface area contributed by atoms with Crippen molar-refractivity contribution in [2.75, 3.05) is 26.4 Å². The van der Waals surface area contributed by atoms with Crippen LogP contribution < -0.4 is 0 Å². The fourth-order valence-corrected chi connectivity index (χ4v) is 8.20. The number of aryl methyl sites for hydroxylation is 4. The Labute approximate surface area is 285 Å². The molecule has 0 unspecified atom stereocenters. The van der Waals surface area contributed by atoms with Crippen LogP contribution in [0.15, 0.2) is 24.3 Å². The Morgan fingerprint density at radius 1 is 0.574 bits per heavy atom. The minimum absolute atomic E-state index is 0.138. The highest BCUT2D eigenvalue weighted by atomic mass is 16.7. The van der Waals surface area contributed by atoms with Crippen molar-refractivity contribution in [1.29, 1.82) is 0 Å². The molecule has 2 fully saturated rings. The molecule has 264 valence electrons. The summed E-state index contributed by atoms with van der Waals surface area (Å²) in [4.78, 5) is 0. The van der Waals surface area contributed by atoms with Gasteiger partial charge >= 0.3 is 0 Å². The largest absolute Gasteiger partial charge is 0.507 e. The predicted molar refractivity (Wildman–Crippen MR) is 190 cm³/mol. The van der Waals surface area contributed by atoms with Crippen LogP contribution in [0.1, 0.15) is 128 Å². The lowest BCUT2D eigenvalue weighted by atomic mass is 9.71.